The molecule has 3 N–H and O–H groups in total. The van der Waals surface area contributed by atoms with E-state index in [1.54, 1.807) is 12.4 Å². The first-order chi connectivity index (χ1) is 10.1. The normalized spacial score (nSPS) is 10.1. The molecule has 7 nitrogen and oxygen atoms in total. The van der Waals surface area contributed by atoms with Gasteiger partial charge in [-0.25, -0.2) is 9.59 Å². The van der Waals surface area contributed by atoms with Crippen LogP contribution in [0.3, 0.4) is 0 Å². The minimum absolute atomic E-state index is 0.131. The molecule has 2 heterocycles. The molecular weight excluding hydrogens is 274 g/mol. The van der Waals surface area contributed by atoms with Gasteiger partial charge in [0.1, 0.15) is 5.76 Å². The maximum atomic E-state index is 11.6. The van der Waals surface area contributed by atoms with Crippen LogP contribution in [0.15, 0.2) is 41.1 Å². The maximum absolute atomic E-state index is 11.6. The van der Waals surface area contributed by atoms with Crippen LogP contribution in [0.1, 0.15) is 21.9 Å². The van der Waals surface area contributed by atoms with E-state index in [0.717, 1.165) is 5.56 Å². The SMILES string of the molecule is O=C(NCCc1cccnc1)NCc1ccc(C(=O)O)o1. The third-order valence-electron chi connectivity index (χ3n) is 2.72. The van der Waals surface area contributed by atoms with Gasteiger partial charge in [-0.15, -0.1) is 0 Å². The molecule has 2 aromatic heterocycles. The Kier molecular flexibility index (Phi) is 4.92. The zero-order chi connectivity index (χ0) is 15.1. The smallest absolute Gasteiger partial charge is 0.371 e. The summed E-state index contributed by atoms with van der Waals surface area (Å²) in [4.78, 5) is 26.2. The van der Waals surface area contributed by atoms with Gasteiger partial charge in [0.25, 0.3) is 0 Å². The standard InChI is InChI=1S/C14H15N3O4/c18-13(19)12-4-3-11(21-12)9-17-14(20)16-7-5-10-2-1-6-15-8-10/h1-4,6,8H,5,7,9H2,(H,18,19)(H2,16,17,20). The highest BCUT2D eigenvalue weighted by atomic mass is 16.4. The van der Waals surface area contributed by atoms with Gasteiger partial charge in [0.2, 0.25) is 5.76 Å². The lowest BCUT2D eigenvalue weighted by Crippen LogP contribution is -2.36. The monoisotopic (exact) mass is 289 g/mol. The van der Waals surface area contributed by atoms with Crippen molar-refractivity contribution in [3.05, 3.63) is 53.7 Å². The van der Waals surface area contributed by atoms with E-state index in [0.29, 0.717) is 18.7 Å². The molecule has 0 fully saturated rings. The molecule has 0 saturated heterocycles. The molecule has 110 valence electrons. The highest BCUT2D eigenvalue weighted by Crippen LogP contribution is 2.07. The van der Waals surface area contributed by atoms with Gasteiger partial charge in [-0.2, -0.15) is 0 Å². The van der Waals surface area contributed by atoms with Gasteiger partial charge >= 0.3 is 12.0 Å². The number of urea groups is 1. The number of aromatic nitrogens is 1. The van der Waals surface area contributed by atoms with Crippen LogP contribution in [0.2, 0.25) is 0 Å². The summed E-state index contributed by atoms with van der Waals surface area (Å²) in [5.41, 5.74) is 1.04. The number of aromatic carboxylic acids is 1. The second kappa shape index (κ2) is 7.09. The number of rotatable bonds is 6. The summed E-state index contributed by atoms with van der Waals surface area (Å²) in [5.74, 6) is -0.902. The zero-order valence-electron chi connectivity index (χ0n) is 11.2. The fourth-order valence-electron chi connectivity index (χ4n) is 1.68. The lowest BCUT2D eigenvalue weighted by atomic mass is 10.2. The number of carboxylic acid groups (broad SMARTS) is 1. The Morgan fingerprint density at radius 1 is 1.24 bits per heavy atom. The number of nitrogens with zero attached hydrogens (tertiary/aromatic N) is 1. The number of nitrogens with one attached hydrogen (secondary N) is 2. The average molecular weight is 289 g/mol. The van der Waals surface area contributed by atoms with Crippen molar-refractivity contribution < 1.29 is 19.1 Å². The molecule has 0 bridgehead atoms. The summed E-state index contributed by atoms with van der Waals surface area (Å²) >= 11 is 0. The topological polar surface area (TPSA) is 104 Å². The van der Waals surface area contributed by atoms with Crippen LogP contribution in [0.25, 0.3) is 0 Å². The van der Waals surface area contributed by atoms with E-state index < -0.39 is 5.97 Å². The van der Waals surface area contributed by atoms with Gasteiger partial charge in [0.05, 0.1) is 6.54 Å². The molecule has 0 atom stereocenters. The van der Waals surface area contributed by atoms with Crippen molar-refractivity contribution in [2.75, 3.05) is 6.54 Å². The van der Waals surface area contributed by atoms with Crippen LogP contribution < -0.4 is 10.6 Å². The summed E-state index contributed by atoms with van der Waals surface area (Å²) in [6.45, 7) is 0.613. The molecule has 2 amide bonds. The number of furan rings is 1. The molecule has 0 aliphatic carbocycles. The Morgan fingerprint density at radius 2 is 2.10 bits per heavy atom. The van der Waals surface area contributed by atoms with Crippen LogP contribution in [0, 0.1) is 0 Å². The second-order valence-electron chi connectivity index (χ2n) is 4.29. The molecular formula is C14H15N3O4. The van der Waals surface area contributed by atoms with Gasteiger partial charge in [-0.3, -0.25) is 4.98 Å². The van der Waals surface area contributed by atoms with E-state index in [1.165, 1.54) is 12.1 Å². The Balaban J connectivity index is 1.68. The number of hydrogen-bond donors (Lipinski definition) is 3. The van der Waals surface area contributed by atoms with Crippen molar-refractivity contribution >= 4 is 12.0 Å². The van der Waals surface area contributed by atoms with E-state index in [4.69, 9.17) is 9.52 Å². The minimum atomic E-state index is -1.14. The Bertz CT molecular complexity index is 610. The van der Waals surface area contributed by atoms with Crippen LogP contribution in [0.4, 0.5) is 4.79 Å². The van der Waals surface area contributed by atoms with Crippen LogP contribution >= 0.6 is 0 Å². The largest absolute Gasteiger partial charge is 0.475 e. The molecule has 0 spiro atoms. The molecule has 0 aliphatic heterocycles. The first-order valence-electron chi connectivity index (χ1n) is 6.38. The molecule has 0 saturated carbocycles. The molecule has 2 aromatic rings. The van der Waals surface area contributed by atoms with Gasteiger partial charge < -0.3 is 20.2 Å². The fraction of sp³-hybridized carbons (Fsp3) is 0.214. The number of pyridine rings is 1. The van der Waals surface area contributed by atoms with Gasteiger partial charge in [0, 0.05) is 18.9 Å². The van der Waals surface area contributed by atoms with Crippen molar-refractivity contribution in [2.45, 2.75) is 13.0 Å². The van der Waals surface area contributed by atoms with Gasteiger partial charge in [0.15, 0.2) is 0 Å². The minimum Gasteiger partial charge on any atom is -0.475 e. The molecule has 7 heteroatoms. The van der Waals surface area contributed by atoms with Crippen LogP contribution in [0.5, 0.6) is 0 Å². The van der Waals surface area contributed by atoms with Crippen LogP contribution in [-0.4, -0.2) is 28.6 Å². The summed E-state index contributed by atoms with van der Waals surface area (Å²) in [5, 5.41) is 14.0. The quantitative estimate of drug-likeness (QED) is 0.746. The van der Waals surface area contributed by atoms with Gasteiger partial charge in [-0.05, 0) is 30.2 Å². The summed E-state index contributed by atoms with van der Waals surface area (Å²) < 4.78 is 5.02. The van der Waals surface area contributed by atoms with E-state index in [9.17, 15) is 9.59 Å². The number of carbonyl (C=O) groups excluding carboxylic acids is 1. The molecule has 2 rings (SSSR count). The summed E-state index contributed by atoms with van der Waals surface area (Å²) in [6, 6.07) is 6.29. The third kappa shape index (κ3) is 4.64. The Morgan fingerprint density at radius 3 is 2.76 bits per heavy atom. The van der Waals surface area contributed by atoms with Gasteiger partial charge in [-0.1, -0.05) is 6.07 Å². The number of hydrogen-bond acceptors (Lipinski definition) is 4. The molecule has 0 aromatic carbocycles. The van der Waals surface area contributed by atoms with Crippen molar-refractivity contribution in [3.63, 3.8) is 0 Å². The predicted octanol–water partition coefficient (Wildman–Crippen LogP) is 1.41. The first kappa shape index (κ1) is 14.6. The molecule has 0 aliphatic rings. The van der Waals surface area contributed by atoms with Crippen molar-refractivity contribution in [2.24, 2.45) is 0 Å². The zero-order valence-corrected chi connectivity index (χ0v) is 11.2. The van der Waals surface area contributed by atoms with Crippen molar-refractivity contribution in [3.8, 4) is 0 Å². The van der Waals surface area contributed by atoms with Crippen molar-refractivity contribution in [1.29, 1.82) is 0 Å². The van der Waals surface area contributed by atoms with E-state index in [2.05, 4.69) is 15.6 Å². The number of carbonyl (C=O) groups is 2. The van der Waals surface area contributed by atoms with Crippen molar-refractivity contribution in [1.82, 2.24) is 15.6 Å². The highest BCUT2D eigenvalue weighted by Gasteiger charge is 2.09. The maximum Gasteiger partial charge on any atom is 0.371 e. The third-order valence-corrected chi connectivity index (χ3v) is 2.72. The van der Waals surface area contributed by atoms with Crippen LogP contribution in [-0.2, 0) is 13.0 Å². The highest BCUT2D eigenvalue weighted by molar-refractivity contribution is 5.84. The molecule has 0 unspecified atom stereocenters. The summed E-state index contributed by atoms with van der Waals surface area (Å²) in [6.07, 6.45) is 4.12. The lowest BCUT2D eigenvalue weighted by Gasteiger charge is -2.06. The fourth-order valence-corrected chi connectivity index (χ4v) is 1.68. The van der Waals surface area contributed by atoms with E-state index in [-0.39, 0.29) is 18.3 Å². The Hall–Kier alpha value is -2.83. The lowest BCUT2D eigenvalue weighted by molar-refractivity contribution is 0.0660. The molecule has 21 heavy (non-hydrogen) atoms. The average Bonchev–Trinajstić information content (AvgIpc) is 2.95. The summed E-state index contributed by atoms with van der Waals surface area (Å²) in [7, 11) is 0. The number of amides is 2. The first-order valence-corrected chi connectivity index (χ1v) is 6.38. The van der Waals surface area contributed by atoms with E-state index in [1.807, 2.05) is 12.1 Å². The number of carboxylic acids is 1. The Labute approximate surface area is 121 Å². The van der Waals surface area contributed by atoms with E-state index >= 15 is 0 Å². The predicted molar refractivity (Wildman–Crippen MR) is 73.8 cm³/mol. The molecule has 0 radical (unpaired) electrons. The second-order valence-corrected chi connectivity index (χ2v) is 4.29.